The Hall–Kier alpha value is -1.60. The van der Waals surface area contributed by atoms with E-state index in [9.17, 15) is 4.79 Å². The van der Waals surface area contributed by atoms with Gasteiger partial charge in [0, 0.05) is 6.08 Å². The quantitative estimate of drug-likeness (QED) is 0.518. The molecule has 0 atom stereocenters. The Morgan fingerprint density at radius 1 is 1.61 bits per heavy atom. The molecule has 2 aromatic rings. The zero-order chi connectivity index (χ0) is 12.8. The Balaban J connectivity index is 1.90. The van der Waals surface area contributed by atoms with Crippen LogP contribution in [0.1, 0.15) is 12.7 Å². The molecular formula is C11H11N3O2S2. The molecule has 2 rings (SSSR count). The van der Waals surface area contributed by atoms with Gasteiger partial charge in [0.05, 0.1) is 6.26 Å². The number of hydrogen-bond donors (Lipinski definition) is 1. The van der Waals surface area contributed by atoms with E-state index in [2.05, 4.69) is 15.5 Å². The predicted octanol–water partition coefficient (Wildman–Crippen LogP) is 2.90. The molecule has 0 aliphatic heterocycles. The van der Waals surface area contributed by atoms with E-state index < -0.39 is 0 Å². The van der Waals surface area contributed by atoms with Crippen molar-refractivity contribution in [1.82, 2.24) is 10.2 Å². The fourth-order valence-electron chi connectivity index (χ4n) is 1.13. The monoisotopic (exact) mass is 281 g/mol. The van der Waals surface area contributed by atoms with Crippen LogP contribution in [0.25, 0.3) is 6.08 Å². The van der Waals surface area contributed by atoms with Crippen molar-refractivity contribution < 1.29 is 9.21 Å². The van der Waals surface area contributed by atoms with Crippen LogP contribution in [-0.4, -0.2) is 21.9 Å². The normalized spacial score (nSPS) is 10.9. The molecule has 0 saturated carbocycles. The van der Waals surface area contributed by atoms with E-state index in [4.69, 9.17) is 4.42 Å². The Kier molecular flexibility index (Phi) is 4.54. The molecule has 2 aromatic heterocycles. The first-order chi connectivity index (χ1) is 8.78. The molecule has 0 aliphatic rings. The summed E-state index contributed by atoms with van der Waals surface area (Å²) < 4.78 is 5.92. The van der Waals surface area contributed by atoms with Gasteiger partial charge in [0.15, 0.2) is 4.34 Å². The fourth-order valence-corrected chi connectivity index (χ4v) is 2.78. The smallest absolute Gasteiger partial charge is 0.250 e. The van der Waals surface area contributed by atoms with Gasteiger partial charge in [-0.1, -0.05) is 30.0 Å². The Bertz CT molecular complexity index is 534. The highest BCUT2D eigenvalue weighted by atomic mass is 32.2. The highest BCUT2D eigenvalue weighted by Gasteiger charge is 2.05. The van der Waals surface area contributed by atoms with E-state index in [0.717, 1.165) is 10.1 Å². The first kappa shape index (κ1) is 12.8. The number of aromatic nitrogens is 2. The molecule has 0 unspecified atom stereocenters. The van der Waals surface area contributed by atoms with Crippen molar-refractivity contribution in [1.29, 1.82) is 0 Å². The van der Waals surface area contributed by atoms with Crippen LogP contribution in [0.4, 0.5) is 5.13 Å². The minimum absolute atomic E-state index is 0.254. The second-order valence-corrected chi connectivity index (χ2v) is 5.63. The van der Waals surface area contributed by atoms with Crippen LogP contribution in [0.5, 0.6) is 0 Å². The lowest BCUT2D eigenvalue weighted by Gasteiger charge is -1.93. The topological polar surface area (TPSA) is 68.0 Å². The van der Waals surface area contributed by atoms with Gasteiger partial charge >= 0.3 is 0 Å². The van der Waals surface area contributed by atoms with Crippen molar-refractivity contribution in [3.63, 3.8) is 0 Å². The molecule has 18 heavy (non-hydrogen) atoms. The molecule has 0 bridgehead atoms. The van der Waals surface area contributed by atoms with Crippen LogP contribution >= 0.6 is 23.1 Å². The van der Waals surface area contributed by atoms with E-state index in [1.807, 2.05) is 6.92 Å². The molecular weight excluding hydrogens is 270 g/mol. The highest BCUT2D eigenvalue weighted by molar-refractivity contribution is 8.01. The number of carbonyl (C=O) groups is 1. The van der Waals surface area contributed by atoms with Crippen LogP contribution in [0.2, 0.25) is 0 Å². The number of nitrogens with zero attached hydrogens (tertiary/aromatic N) is 2. The third kappa shape index (κ3) is 3.71. The van der Waals surface area contributed by atoms with Gasteiger partial charge in [-0.25, -0.2) is 0 Å². The van der Waals surface area contributed by atoms with E-state index in [-0.39, 0.29) is 5.91 Å². The molecule has 0 aromatic carbocycles. The Labute approximate surface area is 112 Å². The zero-order valence-electron chi connectivity index (χ0n) is 9.62. The molecule has 0 radical (unpaired) electrons. The maximum atomic E-state index is 11.6. The first-order valence-electron chi connectivity index (χ1n) is 5.27. The minimum Gasteiger partial charge on any atom is -0.465 e. The number of thioether (sulfide) groups is 1. The van der Waals surface area contributed by atoms with E-state index >= 15 is 0 Å². The molecule has 0 fully saturated rings. The predicted molar refractivity (Wildman–Crippen MR) is 72.7 cm³/mol. The largest absolute Gasteiger partial charge is 0.465 e. The number of furan rings is 1. The summed E-state index contributed by atoms with van der Waals surface area (Å²) in [7, 11) is 0. The third-order valence-electron chi connectivity index (χ3n) is 1.85. The molecule has 1 amide bonds. The van der Waals surface area contributed by atoms with E-state index in [0.29, 0.717) is 10.9 Å². The standard InChI is InChI=1S/C11H11N3O2S2/c1-2-17-11-14-13-10(18-11)12-9(15)6-5-8-4-3-7-16-8/h3-7H,2H2,1H3,(H,12,13,15)/b6-5-. The summed E-state index contributed by atoms with van der Waals surface area (Å²) in [4.78, 5) is 11.6. The molecule has 0 aliphatic carbocycles. The van der Waals surface area contributed by atoms with Crippen LogP contribution in [-0.2, 0) is 4.79 Å². The fraction of sp³-hybridized carbons (Fsp3) is 0.182. The van der Waals surface area contributed by atoms with E-state index in [1.54, 1.807) is 36.2 Å². The summed E-state index contributed by atoms with van der Waals surface area (Å²) >= 11 is 2.96. The summed E-state index contributed by atoms with van der Waals surface area (Å²) in [5.41, 5.74) is 0. The maximum absolute atomic E-state index is 11.6. The van der Waals surface area contributed by atoms with Crippen LogP contribution < -0.4 is 5.32 Å². The number of hydrogen-bond acceptors (Lipinski definition) is 6. The summed E-state index contributed by atoms with van der Waals surface area (Å²) in [5.74, 6) is 1.31. The van der Waals surface area contributed by atoms with Gasteiger partial charge in [-0.15, -0.1) is 10.2 Å². The SMILES string of the molecule is CCSc1nnc(NC(=O)/C=C\c2ccco2)s1. The van der Waals surface area contributed by atoms with Gasteiger partial charge < -0.3 is 4.42 Å². The second kappa shape index (κ2) is 6.36. The lowest BCUT2D eigenvalue weighted by atomic mass is 10.4. The van der Waals surface area contributed by atoms with E-state index in [1.165, 1.54) is 17.4 Å². The number of carbonyl (C=O) groups excluding carboxylic acids is 1. The second-order valence-electron chi connectivity index (χ2n) is 3.14. The van der Waals surface area contributed by atoms with Crippen LogP contribution in [0.3, 0.4) is 0 Å². The first-order valence-corrected chi connectivity index (χ1v) is 7.07. The van der Waals surface area contributed by atoms with Crippen molar-refractivity contribution >= 4 is 40.2 Å². The van der Waals surface area contributed by atoms with Gasteiger partial charge in [0.1, 0.15) is 5.76 Å². The van der Waals surface area contributed by atoms with Gasteiger partial charge in [-0.05, 0) is 24.0 Å². The van der Waals surface area contributed by atoms with Crippen LogP contribution in [0.15, 0.2) is 33.2 Å². The van der Waals surface area contributed by atoms with Crippen molar-refractivity contribution in [2.75, 3.05) is 11.1 Å². The molecule has 0 spiro atoms. The van der Waals surface area contributed by atoms with Crippen molar-refractivity contribution in [3.05, 3.63) is 30.2 Å². The third-order valence-corrected chi connectivity index (χ3v) is 3.70. The molecule has 1 N–H and O–H groups in total. The van der Waals surface area contributed by atoms with Crippen molar-refractivity contribution in [2.45, 2.75) is 11.3 Å². The van der Waals surface area contributed by atoms with Crippen molar-refractivity contribution in [3.8, 4) is 0 Å². The molecule has 2 heterocycles. The number of rotatable bonds is 5. The van der Waals surface area contributed by atoms with Gasteiger partial charge in [-0.3, -0.25) is 10.1 Å². The maximum Gasteiger partial charge on any atom is 0.250 e. The van der Waals surface area contributed by atoms with Gasteiger partial charge in [0.2, 0.25) is 11.0 Å². The number of nitrogens with one attached hydrogen (secondary N) is 1. The lowest BCUT2D eigenvalue weighted by molar-refractivity contribution is -0.111. The summed E-state index contributed by atoms with van der Waals surface area (Å²) in [6.45, 7) is 2.04. The molecule has 94 valence electrons. The average Bonchev–Trinajstić information content (AvgIpc) is 2.99. The molecule has 7 heteroatoms. The minimum atomic E-state index is -0.254. The number of anilines is 1. The summed E-state index contributed by atoms with van der Waals surface area (Å²) in [5, 5.41) is 11.0. The van der Waals surface area contributed by atoms with Crippen LogP contribution in [0, 0.1) is 0 Å². The van der Waals surface area contributed by atoms with Gasteiger partial charge in [-0.2, -0.15) is 0 Å². The number of amides is 1. The van der Waals surface area contributed by atoms with Crippen molar-refractivity contribution in [2.24, 2.45) is 0 Å². The molecule has 5 nitrogen and oxygen atoms in total. The molecule has 0 saturated heterocycles. The summed E-state index contributed by atoms with van der Waals surface area (Å²) in [6, 6.07) is 3.53. The highest BCUT2D eigenvalue weighted by Crippen LogP contribution is 2.24. The Morgan fingerprint density at radius 2 is 2.50 bits per heavy atom. The lowest BCUT2D eigenvalue weighted by Crippen LogP contribution is -2.07. The Morgan fingerprint density at radius 3 is 3.22 bits per heavy atom. The average molecular weight is 281 g/mol. The zero-order valence-corrected chi connectivity index (χ0v) is 11.3. The van der Waals surface area contributed by atoms with Gasteiger partial charge in [0.25, 0.3) is 0 Å². The summed E-state index contributed by atoms with van der Waals surface area (Å²) in [6.07, 6.45) is 4.54.